The molecule has 0 radical (unpaired) electrons. The van der Waals surface area contributed by atoms with E-state index in [0.29, 0.717) is 33.9 Å². The number of hydrogen-bond donors (Lipinski definition) is 0. The van der Waals surface area contributed by atoms with Crippen molar-refractivity contribution in [2.24, 2.45) is 0 Å². The number of methoxy groups -OCH3 is 2. The summed E-state index contributed by atoms with van der Waals surface area (Å²) in [5, 5.41) is 0.387. The second-order valence-corrected chi connectivity index (χ2v) is 4.39. The first-order chi connectivity index (χ1) is 10.2. The van der Waals surface area contributed by atoms with Crippen molar-refractivity contribution in [2.45, 2.75) is 0 Å². The van der Waals surface area contributed by atoms with Gasteiger partial charge in [-0.15, -0.1) is 0 Å². The summed E-state index contributed by atoms with van der Waals surface area (Å²) in [6.45, 7) is 0. The van der Waals surface area contributed by atoms with Gasteiger partial charge in [0.05, 0.1) is 14.2 Å². The summed E-state index contributed by atoms with van der Waals surface area (Å²) in [7, 11) is 3.04. The quantitative estimate of drug-likeness (QED) is 0.739. The molecule has 2 aromatic heterocycles. The van der Waals surface area contributed by atoms with Gasteiger partial charge in [-0.25, -0.2) is 0 Å². The van der Waals surface area contributed by atoms with Crippen LogP contribution in [0.5, 0.6) is 11.5 Å². The molecule has 5 nitrogen and oxygen atoms in total. The van der Waals surface area contributed by atoms with Crippen LogP contribution in [0, 0.1) is 0 Å². The standard InChI is InChI=1S/C16H13NO4/c1-19-10-7-14(20-2)16-12(18)9-13(21-15(16)8-10)11-5-3-4-6-17-11/h3-9H,1-2H3. The number of fused-ring (bicyclic) bond motifs is 1. The lowest BCUT2D eigenvalue weighted by Crippen LogP contribution is -2.03. The van der Waals surface area contributed by atoms with Gasteiger partial charge in [0.2, 0.25) is 0 Å². The highest BCUT2D eigenvalue weighted by molar-refractivity contribution is 5.86. The van der Waals surface area contributed by atoms with E-state index in [-0.39, 0.29) is 5.43 Å². The van der Waals surface area contributed by atoms with Crippen molar-refractivity contribution in [3.8, 4) is 23.0 Å². The molecular formula is C16H13NO4. The van der Waals surface area contributed by atoms with Crippen LogP contribution in [-0.4, -0.2) is 19.2 Å². The SMILES string of the molecule is COc1cc(OC)c2c(=O)cc(-c3ccccn3)oc2c1. The molecule has 1 aromatic carbocycles. The monoisotopic (exact) mass is 283 g/mol. The molecule has 106 valence electrons. The summed E-state index contributed by atoms with van der Waals surface area (Å²) in [5.74, 6) is 1.38. The number of hydrogen-bond acceptors (Lipinski definition) is 5. The predicted molar refractivity (Wildman–Crippen MR) is 78.8 cm³/mol. The number of pyridine rings is 1. The van der Waals surface area contributed by atoms with Crippen LogP contribution >= 0.6 is 0 Å². The van der Waals surface area contributed by atoms with Crippen LogP contribution in [0.1, 0.15) is 0 Å². The average molecular weight is 283 g/mol. The fraction of sp³-hybridized carbons (Fsp3) is 0.125. The Kier molecular flexibility index (Phi) is 3.31. The highest BCUT2D eigenvalue weighted by atomic mass is 16.5. The first kappa shape index (κ1) is 13.2. The molecular weight excluding hydrogens is 270 g/mol. The highest BCUT2D eigenvalue weighted by Gasteiger charge is 2.13. The van der Waals surface area contributed by atoms with Gasteiger partial charge in [0.25, 0.3) is 0 Å². The molecule has 0 aliphatic heterocycles. The number of benzene rings is 1. The Hall–Kier alpha value is -2.82. The lowest BCUT2D eigenvalue weighted by molar-refractivity contribution is 0.396. The molecule has 0 saturated carbocycles. The Morgan fingerprint density at radius 1 is 1.10 bits per heavy atom. The third-order valence-electron chi connectivity index (χ3n) is 3.14. The summed E-state index contributed by atoms with van der Waals surface area (Å²) in [5.41, 5.74) is 0.814. The molecule has 0 bridgehead atoms. The molecule has 5 heteroatoms. The van der Waals surface area contributed by atoms with Gasteiger partial charge >= 0.3 is 0 Å². The lowest BCUT2D eigenvalue weighted by atomic mass is 10.1. The van der Waals surface area contributed by atoms with Gasteiger partial charge in [0.15, 0.2) is 11.2 Å². The second kappa shape index (κ2) is 5.28. The number of rotatable bonds is 3. The highest BCUT2D eigenvalue weighted by Crippen LogP contribution is 2.31. The van der Waals surface area contributed by atoms with Crippen LogP contribution in [0.15, 0.2) is 51.8 Å². The molecule has 0 unspecified atom stereocenters. The van der Waals surface area contributed by atoms with Crippen molar-refractivity contribution in [3.05, 3.63) is 52.8 Å². The molecule has 3 rings (SSSR count). The van der Waals surface area contributed by atoms with Crippen molar-refractivity contribution >= 4 is 11.0 Å². The summed E-state index contributed by atoms with van der Waals surface area (Å²) in [6.07, 6.45) is 1.64. The van der Waals surface area contributed by atoms with Crippen molar-refractivity contribution in [3.63, 3.8) is 0 Å². The van der Waals surface area contributed by atoms with Crippen LogP contribution in [0.25, 0.3) is 22.4 Å². The largest absolute Gasteiger partial charge is 0.496 e. The minimum Gasteiger partial charge on any atom is -0.496 e. The molecule has 2 heterocycles. The Balaban J connectivity index is 2.31. The fourth-order valence-corrected chi connectivity index (χ4v) is 2.14. The molecule has 0 aliphatic carbocycles. The Morgan fingerprint density at radius 3 is 2.62 bits per heavy atom. The number of ether oxygens (including phenoxy) is 2. The smallest absolute Gasteiger partial charge is 0.197 e. The van der Waals surface area contributed by atoms with Crippen LogP contribution in [0.4, 0.5) is 0 Å². The summed E-state index contributed by atoms with van der Waals surface area (Å²) >= 11 is 0. The first-order valence-electron chi connectivity index (χ1n) is 6.34. The average Bonchev–Trinajstić information content (AvgIpc) is 2.54. The van der Waals surface area contributed by atoms with E-state index >= 15 is 0 Å². The third kappa shape index (κ3) is 2.33. The van der Waals surface area contributed by atoms with Crippen molar-refractivity contribution in [1.82, 2.24) is 4.98 Å². The third-order valence-corrected chi connectivity index (χ3v) is 3.14. The van der Waals surface area contributed by atoms with Gasteiger partial charge in [0.1, 0.15) is 28.2 Å². The maximum atomic E-state index is 12.3. The minimum absolute atomic E-state index is 0.184. The van der Waals surface area contributed by atoms with Crippen molar-refractivity contribution in [2.75, 3.05) is 14.2 Å². The summed E-state index contributed by atoms with van der Waals surface area (Å²) < 4.78 is 16.2. The molecule has 0 atom stereocenters. The van der Waals surface area contributed by atoms with Gasteiger partial charge in [0, 0.05) is 24.4 Å². The van der Waals surface area contributed by atoms with E-state index in [4.69, 9.17) is 13.9 Å². The van der Waals surface area contributed by atoms with Gasteiger partial charge in [-0.2, -0.15) is 0 Å². The van der Waals surface area contributed by atoms with Crippen LogP contribution in [0.2, 0.25) is 0 Å². The molecule has 0 aliphatic rings. The van der Waals surface area contributed by atoms with Crippen molar-refractivity contribution in [1.29, 1.82) is 0 Å². The Bertz CT molecular complexity index is 840. The van der Waals surface area contributed by atoms with E-state index in [2.05, 4.69) is 4.98 Å². The summed E-state index contributed by atoms with van der Waals surface area (Å²) in [4.78, 5) is 16.5. The van der Waals surface area contributed by atoms with Gasteiger partial charge < -0.3 is 13.9 Å². The molecule has 3 aromatic rings. The molecule has 21 heavy (non-hydrogen) atoms. The van der Waals surface area contributed by atoms with E-state index in [9.17, 15) is 4.79 Å². The van der Waals surface area contributed by atoms with Gasteiger partial charge in [-0.3, -0.25) is 9.78 Å². The van der Waals surface area contributed by atoms with Crippen LogP contribution in [0.3, 0.4) is 0 Å². The molecule has 0 N–H and O–H groups in total. The molecule has 0 spiro atoms. The minimum atomic E-state index is -0.184. The summed E-state index contributed by atoms with van der Waals surface area (Å²) in [6, 6.07) is 10.1. The second-order valence-electron chi connectivity index (χ2n) is 4.39. The predicted octanol–water partition coefficient (Wildman–Crippen LogP) is 2.87. The van der Waals surface area contributed by atoms with E-state index in [1.165, 1.54) is 13.2 Å². The van der Waals surface area contributed by atoms with E-state index < -0.39 is 0 Å². The Morgan fingerprint density at radius 2 is 1.95 bits per heavy atom. The molecule has 0 saturated heterocycles. The van der Waals surface area contributed by atoms with Crippen LogP contribution < -0.4 is 14.9 Å². The lowest BCUT2D eigenvalue weighted by Gasteiger charge is -2.08. The number of aromatic nitrogens is 1. The van der Waals surface area contributed by atoms with E-state index in [1.54, 1.807) is 37.6 Å². The maximum Gasteiger partial charge on any atom is 0.197 e. The normalized spacial score (nSPS) is 10.6. The first-order valence-corrected chi connectivity index (χ1v) is 6.34. The molecule has 0 fully saturated rings. The zero-order chi connectivity index (χ0) is 14.8. The molecule has 0 amide bonds. The zero-order valence-electron chi connectivity index (χ0n) is 11.6. The number of nitrogens with zero attached hydrogens (tertiary/aromatic N) is 1. The maximum absolute atomic E-state index is 12.3. The van der Waals surface area contributed by atoms with E-state index in [1.807, 2.05) is 6.07 Å². The zero-order valence-corrected chi connectivity index (χ0v) is 11.6. The van der Waals surface area contributed by atoms with Crippen LogP contribution in [-0.2, 0) is 0 Å². The Labute approximate surface area is 120 Å². The van der Waals surface area contributed by atoms with Gasteiger partial charge in [-0.1, -0.05) is 6.07 Å². The van der Waals surface area contributed by atoms with Crippen molar-refractivity contribution < 1.29 is 13.9 Å². The fourth-order valence-electron chi connectivity index (χ4n) is 2.14. The topological polar surface area (TPSA) is 61.6 Å². The van der Waals surface area contributed by atoms with E-state index in [0.717, 1.165) is 0 Å². The van der Waals surface area contributed by atoms with Gasteiger partial charge in [-0.05, 0) is 12.1 Å².